The van der Waals surface area contributed by atoms with Crippen LogP contribution in [0.2, 0.25) is 0 Å². The summed E-state index contributed by atoms with van der Waals surface area (Å²) in [5, 5.41) is 2.88. The van der Waals surface area contributed by atoms with Gasteiger partial charge >= 0.3 is 0 Å². The van der Waals surface area contributed by atoms with Gasteiger partial charge in [-0.05, 0) is 45.2 Å². The van der Waals surface area contributed by atoms with E-state index in [1.165, 1.54) is 29.8 Å². The van der Waals surface area contributed by atoms with Crippen molar-refractivity contribution in [2.45, 2.75) is 48.8 Å². The van der Waals surface area contributed by atoms with Crippen LogP contribution in [-0.4, -0.2) is 59.8 Å². The van der Waals surface area contributed by atoms with Gasteiger partial charge in [0, 0.05) is 26.1 Å². The van der Waals surface area contributed by atoms with Gasteiger partial charge in [0.1, 0.15) is 5.69 Å². The summed E-state index contributed by atoms with van der Waals surface area (Å²) >= 11 is 1.17. The second kappa shape index (κ2) is 10.3. The first kappa shape index (κ1) is 25.1. The number of hydrogen-bond acceptors (Lipinski definition) is 10. The molecule has 1 fully saturated rings. The lowest BCUT2D eigenvalue weighted by Gasteiger charge is -2.30. The van der Waals surface area contributed by atoms with Gasteiger partial charge < -0.3 is 14.8 Å². The number of ether oxygens (including phenoxy) is 2. The molecule has 0 aromatic carbocycles. The molecule has 0 spiro atoms. The number of nitrogens with zero attached hydrogens (tertiary/aromatic N) is 4. The number of amides is 1. The van der Waals surface area contributed by atoms with E-state index in [9.17, 15) is 13.2 Å². The molecule has 3 aromatic heterocycles. The summed E-state index contributed by atoms with van der Waals surface area (Å²) in [7, 11) is -1.84. The highest BCUT2D eigenvalue weighted by atomic mass is 32.2. The van der Waals surface area contributed by atoms with E-state index in [0.717, 1.165) is 0 Å². The fourth-order valence-electron chi connectivity index (χ4n) is 3.51. The maximum Gasteiger partial charge on any atom is 0.281 e. The number of nitrogens with one attached hydrogen (secondary N) is 1. The van der Waals surface area contributed by atoms with Crippen LogP contribution in [0.4, 0.5) is 0 Å². The SMILES string of the molecule is CCOc1cncc(-c2cnc(C(=O)NC(C)(CCOC)c3cc(S(=O)(=O)C4CC4)ccn3)s2)n1. The Labute approximate surface area is 208 Å². The number of thiazole rings is 1. The van der Waals surface area contributed by atoms with Crippen LogP contribution in [0.25, 0.3) is 10.6 Å². The maximum absolute atomic E-state index is 13.2. The maximum atomic E-state index is 13.2. The third kappa shape index (κ3) is 5.65. The number of carbonyl (C=O) groups is 1. The van der Waals surface area contributed by atoms with Crippen LogP contribution in [0.3, 0.4) is 0 Å². The van der Waals surface area contributed by atoms with Crippen molar-refractivity contribution in [1.82, 2.24) is 25.3 Å². The highest BCUT2D eigenvalue weighted by Gasteiger charge is 2.38. The summed E-state index contributed by atoms with van der Waals surface area (Å²) < 4.78 is 36.2. The standard InChI is InChI=1S/C23H27N5O5S2/c1-4-33-20-14-24-12-17(27-20)18-13-26-22(34-18)21(29)28-23(2,8-10-32-3)19-11-16(7-9-25-19)35(30,31)15-5-6-15/h7,9,11-15H,4-6,8,10H2,1-3H3,(H,28,29). The molecule has 1 aliphatic carbocycles. The lowest BCUT2D eigenvalue weighted by atomic mass is 9.93. The van der Waals surface area contributed by atoms with Crippen molar-refractivity contribution in [2.75, 3.05) is 20.3 Å². The van der Waals surface area contributed by atoms with E-state index in [1.807, 2.05) is 6.92 Å². The topological polar surface area (TPSA) is 133 Å². The van der Waals surface area contributed by atoms with Crippen molar-refractivity contribution in [2.24, 2.45) is 0 Å². The van der Waals surface area contributed by atoms with Crippen LogP contribution in [0.15, 0.2) is 41.8 Å². The molecule has 0 saturated heterocycles. The Kier molecular flexibility index (Phi) is 7.43. The minimum atomic E-state index is -3.40. The molecule has 0 aliphatic heterocycles. The van der Waals surface area contributed by atoms with Gasteiger partial charge in [-0.2, -0.15) is 0 Å². The van der Waals surface area contributed by atoms with E-state index in [4.69, 9.17) is 9.47 Å². The zero-order valence-corrected chi connectivity index (χ0v) is 21.4. The predicted molar refractivity (Wildman–Crippen MR) is 130 cm³/mol. The Bertz CT molecular complexity index is 1310. The Morgan fingerprint density at radius 1 is 1.26 bits per heavy atom. The van der Waals surface area contributed by atoms with Crippen molar-refractivity contribution < 1.29 is 22.7 Å². The molecule has 12 heteroatoms. The van der Waals surface area contributed by atoms with E-state index in [0.29, 0.717) is 54.6 Å². The second-order valence-corrected chi connectivity index (χ2v) is 11.6. The highest BCUT2D eigenvalue weighted by Crippen LogP contribution is 2.35. The number of sulfone groups is 1. The van der Waals surface area contributed by atoms with Crippen LogP contribution in [-0.2, 0) is 20.1 Å². The summed E-state index contributed by atoms with van der Waals surface area (Å²) in [4.78, 5) is 31.3. The van der Waals surface area contributed by atoms with Crippen LogP contribution in [0, 0.1) is 0 Å². The molecule has 3 aromatic rings. The number of methoxy groups -OCH3 is 1. The summed E-state index contributed by atoms with van der Waals surface area (Å²) in [6, 6.07) is 3.05. The Morgan fingerprint density at radius 3 is 2.77 bits per heavy atom. The highest BCUT2D eigenvalue weighted by molar-refractivity contribution is 7.92. The van der Waals surface area contributed by atoms with Gasteiger partial charge in [0.2, 0.25) is 5.88 Å². The molecule has 0 bridgehead atoms. The molecule has 1 amide bonds. The molecule has 1 N–H and O–H groups in total. The van der Waals surface area contributed by atoms with Gasteiger partial charge in [0.25, 0.3) is 5.91 Å². The molecule has 4 rings (SSSR count). The predicted octanol–water partition coefficient (Wildman–Crippen LogP) is 3.01. The van der Waals surface area contributed by atoms with Gasteiger partial charge in [-0.15, -0.1) is 11.3 Å². The number of pyridine rings is 1. The van der Waals surface area contributed by atoms with Crippen molar-refractivity contribution in [3.05, 3.63) is 47.6 Å². The molecule has 1 unspecified atom stereocenters. The smallest absolute Gasteiger partial charge is 0.281 e. The third-order valence-electron chi connectivity index (χ3n) is 5.64. The summed E-state index contributed by atoms with van der Waals surface area (Å²) in [6.07, 6.45) is 7.85. The quantitative estimate of drug-likeness (QED) is 0.407. The van der Waals surface area contributed by atoms with E-state index >= 15 is 0 Å². The van der Waals surface area contributed by atoms with Crippen molar-refractivity contribution in [3.8, 4) is 16.5 Å². The van der Waals surface area contributed by atoms with Crippen LogP contribution >= 0.6 is 11.3 Å². The Hall–Kier alpha value is -2.96. The van der Waals surface area contributed by atoms with Gasteiger partial charge in [-0.25, -0.2) is 18.4 Å². The fraction of sp³-hybridized carbons (Fsp3) is 0.435. The van der Waals surface area contributed by atoms with E-state index in [-0.39, 0.29) is 15.2 Å². The van der Waals surface area contributed by atoms with Crippen LogP contribution in [0.1, 0.15) is 48.6 Å². The second-order valence-electron chi connectivity index (χ2n) is 8.36. The van der Waals surface area contributed by atoms with E-state index in [2.05, 4.69) is 25.3 Å². The van der Waals surface area contributed by atoms with Crippen LogP contribution < -0.4 is 10.1 Å². The minimum absolute atomic E-state index is 0.215. The fourth-order valence-corrected chi connectivity index (χ4v) is 5.94. The molecule has 0 radical (unpaired) electrons. The molecular formula is C23H27N5O5S2. The zero-order valence-electron chi connectivity index (χ0n) is 19.7. The molecule has 10 nitrogen and oxygen atoms in total. The molecule has 1 saturated carbocycles. The van der Waals surface area contributed by atoms with Gasteiger partial charge in [0.15, 0.2) is 14.8 Å². The summed E-state index contributed by atoms with van der Waals surface area (Å²) in [5.74, 6) is -0.0188. The van der Waals surface area contributed by atoms with Gasteiger partial charge in [0.05, 0.1) is 45.3 Å². The molecule has 1 atom stereocenters. The lowest BCUT2D eigenvalue weighted by Crippen LogP contribution is -2.45. The molecular weight excluding hydrogens is 490 g/mol. The minimum Gasteiger partial charge on any atom is -0.477 e. The first-order valence-corrected chi connectivity index (χ1v) is 13.6. The first-order chi connectivity index (χ1) is 16.8. The first-order valence-electron chi connectivity index (χ1n) is 11.2. The monoisotopic (exact) mass is 517 g/mol. The Balaban J connectivity index is 1.59. The molecule has 186 valence electrons. The van der Waals surface area contributed by atoms with E-state index < -0.39 is 21.3 Å². The van der Waals surface area contributed by atoms with Gasteiger partial charge in [-0.1, -0.05) is 0 Å². The normalized spacial score (nSPS) is 15.4. The number of hydrogen-bond donors (Lipinski definition) is 1. The molecule has 3 heterocycles. The zero-order chi connectivity index (χ0) is 25.1. The average Bonchev–Trinajstić information content (AvgIpc) is 3.61. The van der Waals surface area contributed by atoms with Crippen molar-refractivity contribution in [3.63, 3.8) is 0 Å². The Morgan fingerprint density at radius 2 is 2.06 bits per heavy atom. The summed E-state index contributed by atoms with van der Waals surface area (Å²) in [5.41, 5.74) is 0.00821. The van der Waals surface area contributed by atoms with Crippen molar-refractivity contribution >= 4 is 27.1 Å². The number of aromatic nitrogens is 4. The van der Waals surface area contributed by atoms with Crippen molar-refractivity contribution in [1.29, 1.82) is 0 Å². The number of rotatable bonds is 11. The molecule has 35 heavy (non-hydrogen) atoms. The average molecular weight is 518 g/mol. The van der Waals surface area contributed by atoms with Crippen LogP contribution in [0.5, 0.6) is 5.88 Å². The summed E-state index contributed by atoms with van der Waals surface area (Å²) in [6.45, 7) is 4.45. The molecule has 1 aliphatic rings. The number of carbonyl (C=O) groups excluding carboxylic acids is 1. The largest absolute Gasteiger partial charge is 0.477 e. The third-order valence-corrected chi connectivity index (χ3v) is 8.92. The lowest BCUT2D eigenvalue weighted by molar-refractivity contribution is 0.0869. The van der Waals surface area contributed by atoms with Gasteiger partial charge in [-0.3, -0.25) is 14.8 Å². The van der Waals surface area contributed by atoms with E-state index in [1.54, 1.807) is 32.5 Å².